The molecule has 0 spiro atoms. The van der Waals surface area contributed by atoms with Crippen LogP contribution in [0.4, 0.5) is 0 Å². The highest BCUT2D eigenvalue weighted by molar-refractivity contribution is 9.10. The molecular weight excluding hydrogens is 352 g/mol. The first-order chi connectivity index (χ1) is 11.2. The molecule has 0 aliphatic carbocycles. The van der Waals surface area contributed by atoms with Crippen molar-refractivity contribution in [2.45, 2.75) is 18.9 Å². The van der Waals surface area contributed by atoms with Crippen molar-refractivity contribution in [2.24, 2.45) is 0 Å². The fourth-order valence-electron chi connectivity index (χ4n) is 3.29. The third-order valence-electron chi connectivity index (χ3n) is 4.49. The van der Waals surface area contributed by atoms with Crippen molar-refractivity contribution < 1.29 is 9.69 Å². The number of amides is 1. The summed E-state index contributed by atoms with van der Waals surface area (Å²) in [6.07, 6.45) is 2.55. The Kier molecular flexibility index (Phi) is 5.47. The molecule has 1 amide bonds. The van der Waals surface area contributed by atoms with Crippen LogP contribution in [0.3, 0.4) is 0 Å². The van der Waals surface area contributed by atoms with E-state index in [2.05, 4.69) is 45.5 Å². The molecule has 0 saturated carbocycles. The van der Waals surface area contributed by atoms with Crippen LogP contribution < -0.4 is 10.2 Å². The molecular formula is C19H22BrN2O+. The summed E-state index contributed by atoms with van der Waals surface area (Å²) in [6.45, 7) is 3.04. The maximum atomic E-state index is 12.4. The zero-order chi connectivity index (χ0) is 16.1. The van der Waals surface area contributed by atoms with Crippen LogP contribution in [0.1, 0.15) is 34.8 Å². The Labute approximate surface area is 145 Å². The van der Waals surface area contributed by atoms with Gasteiger partial charge in [-0.15, -0.1) is 0 Å². The maximum Gasteiger partial charge on any atom is 0.251 e. The van der Waals surface area contributed by atoms with Gasteiger partial charge in [-0.25, -0.2) is 0 Å². The molecule has 1 atom stereocenters. The molecule has 120 valence electrons. The first-order valence-electron chi connectivity index (χ1n) is 8.17. The van der Waals surface area contributed by atoms with Crippen molar-refractivity contribution in [3.8, 4) is 0 Å². The predicted octanol–water partition coefficient (Wildman–Crippen LogP) is 2.60. The van der Waals surface area contributed by atoms with E-state index in [-0.39, 0.29) is 5.91 Å². The molecule has 1 aliphatic rings. The van der Waals surface area contributed by atoms with E-state index in [1.165, 1.54) is 31.5 Å². The summed E-state index contributed by atoms with van der Waals surface area (Å²) in [7, 11) is 0. The first kappa shape index (κ1) is 16.2. The van der Waals surface area contributed by atoms with E-state index in [0.29, 0.717) is 18.2 Å². The largest absolute Gasteiger partial charge is 0.346 e. The summed E-state index contributed by atoms with van der Waals surface area (Å²) in [6, 6.07) is 18.4. The highest BCUT2D eigenvalue weighted by Gasteiger charge is 2.27. The summed E-state index contributed by atoms with van der Waals surface area (Å²) < 4.78 is 0.926. The van der Waals surface area contributed by atoms with Gasteiger partial charge in [-0.3, -0.25) is 4.79 Å². The average molecular weight is 374 g/mol. The van der Waals surface area contributed by atoms with Gasteiger partial charge >= 0.3 is 0 Å². The number of quaternary nitrogens is 1. The van der Waals surface area contributed by atoms with E-state index in [1.54, 1.807) is 4.90 Å². The van der Waals surface area contributed by atoms with Crippen molar-refractivity contribution in [2.75, 3.05) is 19.6 Å². The Bertz CT molecular complexity index is 653. The quantitative estimate of drug-likeness (QED) is 0.829. The molecule has 1 heterocycles. The number of hydrogen-bond acceptors (Lipinski definition) is 1. The van der Waals surface area contributed by atoms with E-state index < -0.39 is 0 Å². The molecule has 0 radical (unpaired) electrons. The van der Waals surface area contributed by atoms with E-state index in [9.17, 15) is 4.79 Å². The molecule has 2 N–H and O–H groups in total. The molecule has 0 unspecified atom stereocenters. The minimum Gasteiger partial charge on any atom is -0.346 e. The van der Waals surface area contributed by atoms with Crippen molar-refractivity contribution in [1.82, 2.24) is 5.32 Å². The van der Waals surface area contributed by atoms with E-state index in [1.807, 2.05) is 30.3 Å². The number of halogens is 1. The lowest BCUT2D eigenvalue weighted by Gasteiger charge is -2.25. The Balaban J connectivity index is 1.70. The van der Waals surface area contributed by atoms with Gasteiger partial charge in [0.05, 0.1) is 19.6 Å². The van der Waals surface area contributed by atoms with E-state index in [4.69, 9.17) is 0 Å². The molecule has 23 heavy (non-hydrogen) atoms. The lowest BCUT2D eigenvalue weighted by molar-refractivity contribution is -0.918. The van der Waals surface area contributed by atoms with Crippen LogP contribution >= 0.6 is 15.9 Å². The zero-order valence-corrected chi connectivity index (χ0v) is 14.7. The average Bonchev–Trinajstić information content (AvgIpc) is 3.10. The van der Waals surface area contributed by atoms with E-state index in [0.717, 1.165) is 4.47 Å². The van der Waals surface area contributed by atoms with Crippen molar-refractivity contribution in [1.29, 1.82) is 0 Å². The molecule has 2 aromatic carbocycles. The SMILES string of the molecule is O=C(NC[C@H](c1ccccc1)[NH+]1CCCC1)c1cccc(Br)c1. The fourth-order valence-corrected chi connectivity index (χ4v) is 3.69. The van der Waals surface area contributed by atoms with Crippen LogP contribution in [0.15, 0.2) is 59.1 Å². The fraction of sp³-hybridized carbons (Fsp3) is 0.316. The number of hydrogen-bond donors (Lipinski definition) is 2. The topological polar surface area (TPSA) is 33.5 Å². The number of rotatable bonds is 5. The molecule has 3 nitrogen and oxygen atoms in total. The third-order valence-corrected chi connectivity index (χ3v) is 4.99. The summed E-state index contributed by atoms with van der Waals surface area (Å²) in [4.78, 5) is 14.0. The number of carbonyl (C=O) groups excluding carboxylic acids is 1. The van der Waals surface area contributed by atoms with Gasteiger partial charge in [0, 0.05) is 28.4 Å². The Morgan fingerprint density at radius 3 is 2.52 bits per heavy atom. The minimum absolute atomic E-state index is 0.00849. The van der Waals surface area contributed by atoms with Crippen LogP contribution in [0.2, 0.25) is 0 Å². The van der Waals surface area contributed by atoms with Gasteiger partial charge in [0.25, 0.3) is 5.91 Å². The molecule has 1 fully saturated rings. The molecule has 0 bridgehead atoms. The van der Waals surface area contributed by atoms with Crippen molar-refractivity contribution in [3.05, 3.63) is 70.2 Å². The van der Waals surface area contributed by atoms with Crippen LogP contribution in [-0.2, 0) is 0 Å². The van der Waals surface area contributed by atoms with Gasteiger partial charge in [-0.05, 0) is 18.2 Å². The third kappa shape index (κ3) is 4.21. The molecule has 1 aliphatic heterocycles. The Morgan fingerprint density at radius 1 is 1.09 bits per heavy atom. The first-order valence-corrected chi connectivity index (χ1v) is 8.96. The normalized spacial score (nSPS) is 16.2. The number of benzene rings is 2. The van der Waals surface area contributed by atoms with Crippen molar-refractivity contribution in [3.63, 3.8) is 0 Å². The second-order valence-corrected chi connectivity index (χ2v) is 6.96. The monoisotopic (exact) mass is 373 g/mol. The van der Waals surface area contributed by atoms with Gasteiger partial charge in [-0.2, -0.15) is 0 Å². The van der Waals surface area contributed by atoms with Gasteiger partial charge in [0.1, 0.15) is 6.04 Å². The smallest absolute Gasteiger partial charge is 0.251 e. The second-order valence-electron chi connectivity index (χ2n) is 6.05. The van der Waals surface area contributed by atoms with Gasteiger partial charge < -0.3 is 10.2 Å². The molecule has 3 rings (SSSR count). The second kappa shape index (κ2) is 7.75. The Hall–Kier alpha value is -1.65. The van der Waals surface area contributed by atoms with Gasteiger partial charge in [-0.1, -0.05) is 52.3 Å². The number of likely N-dealkylation sites (tertiary alicyclic amines) is 1. The highest BCUT2D eigenvalue weighted by Crippen LogP contribution is 2.13. The number of nitrogens with one attached hydrogen (secondary N) is 2. The standard InChI is InChI=1S/C19H21BrN2O/c20-17-10-6-9-16(13-17)19(23)21-14-18(22-11-4-5-12-22)15-7-2-1-3-8-15/h1-3,6-10,13,18H,4-5,11-12,14H2,(H,21,23)/p+1/t18-/m1/s1. The molecule has 2 aromatic rings. The Morgan fingerprint density at radius 2 is 1.83 bits per heavy atom. The highest BCUT2D eigenvalue weighted by atomic mass is 79.9. The summed E-state index contributed by atoms with van der Waals surface area (Å²) in [5.74, 6) is -0.00849. The number of carbonyl (C=O) groups is 1. The van der Waals surface area contributed by atoms with Gasteiger partial charge in [0.15, 0.2) is 0 Å². The van der Waals surface area contributed by atoms with Crippen LogP contribution in [0.25, 0.3) is 0 Å². The summed E-state index contributed by atoms with van der Waals surface area (Å²) in [5, 5.41) is 3.12. The van der Waals surface area contributed by atoms with Crippen LogP contribution in [0.5, 0.6) is 0 Å². The molecule has 1 saturated heterocycles. The minimum atomic E-state index is -0.00849. The molecule has 0 aromatic heterocycles. The summed E-state index contributed by atoms with van der Waals surface area (Å²) in [5.41, 5.74) is 2.00. The zero-order valence-electron chi connectivity index (χ0n) is 13.1. The molecule has 4 heteroatoms. The lowest BCUT2D eigenvalue weighted by atomic mass is 10.1. The maximum absolute atomic E-state index is 12.4. The van der Waals surface area contributed by atoms with Crippen LogP contribution in [-0.4, -0.2) is 25.5 Å². The summed E-state index contributed by atoms with van der Waals surface area (Å²) >= 11 is 3.42. The van der Waals surface area contributed by atoms with Crippen LogP contribution in [0, 0.1) is 0 Å². The van der Waals surface area contributed by atoms with Gasteiger partial charge in [0.2, 0.25) is 0 Å². The predicted molar refractivity (Wildman–Crippen MR) is 95.6 cm³/mol. The van der Waals surface area contributed by atoms with Crippen molar-refractivity contribution >= 4 is 21.8 Å². The lowest BCUT2D eigenvalue weighted by Crippen LogP contribution is -3.11. The van der Waals surface area contributed by atoms with E-state index >= 15 is 0 Å².